The highest BCUT2D eigenvalue weighted by Crippen LogP contribution is 2.28. The first-order valence-corrected chi connectivity index (χ1v) is 8.67. The van der Waals surface area contributed by atoms with Crippen LogP contribution in [0.5, 0.6) is 5.75 Å². The number of hydrogen-bond acceptors (Lipinski definition) is 4. The lowest BCUT2D eigenvalue weighted by molar-refractivity contribution is -0.124. The van der Waals surface area contributed by atoms with E-state index in [4.69, 9.17) is 10.5 Å². The van der Waals surface area contributed by atoms with Crippen LogP contribution in [0.3, 0.4) is 0 Å². The molecule has 132 valence electrons. The molecule has 1 aromatic carbocycles. The minimum absolute atomic E-state index is 0.00503. The van der Waals surface area contributed by atoms with E-state index in [1.165, 1.54) is 25.7 Å². The van der Waals surface area contributed by atoms with E-state index in [-0.39, 0.29) is 18.4 Å². The van der Waals surface area contributed by atoms with Gasteiger partial charge >= 0.3 is 0 Å². The maximum Gasteiger partial charge on any atom is 0.243 e. The summed E-state index contributed by atoms with van der Waals surface area (Å²) in [5.41, 5.74) is 6.04. The lowest BCUT2D eigenvalue weighted by Gasteiger charge is -2.10. The Morgan fingerprint density at radius 2 is 1.83 bits per heavy atom. The molecule has 0 radical (unpaired) electrons. The molecule has 0 unspecified atom stereocenters. The Balaban J connectivity index is 1.64. The predicted octanol–water partition coefficient (Wildman–Crippen LogP) is 2.05. The highest BCUT2D eigenvalue weighted by molar-refractivity contribution is 5.94. The van der Waals surface area contributed by atoms with E-state index in [0.717, 1.165) is 6.42 Å². The van der Waals surface area contributed by atoms with Crippen molar-refractivity contribution in [3.05, 3.63) is 24.3 Å². The standard InChI is InChI=1S/C18H27N3O3/c19-11-12-24-16-8-6-15(7-9-16)21-18(23)13-20-17(22)10-5-14-3-1-2-4-14/h6-9,14H,1-5,10-13,19H2,(H,20,22)(H,21,23). The molecule has 1 aliphatic carbocycles. The molecule has 1 aliphatic rings. The normalized spacial score (nSPS) is 14.4. The molecule has 0 saturated heterocycles. The van der Waals surface area contributed by atoms with Gasteiger partial charge in [0.25, 0.3) is 0 Å². The van der Waals surface area contributed by atoms with Gasteiger partial charge in [0.05, 0.1) is 6.54 Å². The van der Waals surface area contributed by atoms with Crippen LogP contribution in [-0.4, -0.2) is 31.5 Å². The molecule has 0 heterocycles. The number of carbonyl (C=O) groups is 2. The van der Waals surface area contributed by atoms with Gasteiger partial charge in [0.2, 0.25) is 11.8 Å². The fraction of sp³-hybridized carbons (Fsp3) is 0.556. The van der Waals surface area contributed by atoms with Crippen molar-refractivity contribution in [1.82, 2.24) is 5.32 Å². The molecule has 1 fully saturated rings. The smallest absolute Gasteiger partial charge is 0.243 e. The summed E-state index contributed by atoms with van der Waals surface area (Å²) >= 11 is 0. The Hall–Kier alpha value is -2.08. The zero-order valence-electron chi connectivity index (χ0n) is 14.1. The molecule has 0 bridgehead atoms. The maximum absolute atomic E-state index is 11.9. The predicted molar refractivity (Wildman–Crippen MR) is 93.8 cm³/mol. The number of carbonyl (C=O) groups excluding carboxylic acids is 2. The first-order chi connectivity index (χ1) is 11.7. The fourth-order valence-corrected chi connectivity index (χ4v) is 2.92. The number of amides is 2. The first-order valence-electron chi connectivity index (χ1n) is 8.67. The van der Waals surface area contributed by atoms with E-state index < -0.39 is 0 Å². The van der Waals surface area contributed by atoms with Crippen LogP contribution < -0.4 is 21.1 Å². The van der Waals surface area contributed by atoms with Gasteiger partial charge in [-0.2, -0.15) is 0 Å². The largest absolute Gasteiger partial charge is 0.492 e. The molecule has 0 atom stereocenters. The van der Waals surface area contributed by atoms with Crippen LogP contribution in [0, 0.1) is 5.92 Å². The highest BCUT2D eigenvalue weighted by atomic mass is 16.5. The summed E-state index contributed by atoms with van der Waals surface area (Å²) < 4.78 is 5.37. The van der Waals surface area contributed by atoms with Crippen molar-refractivity contribution in [2.45, 2.75) is 38.5 Å². The average molecular weight is 333 g/mol. The Morgan fingerprint density at radius 3 is 2.50 bits per heavy atom. The lowest BCUT2D eigenvalue weighted by atomic mass is 10.0. The van der Waals surface area contributed by atoms with E-state index in [1.807, 2.05) is 0 Å². The fourth-order valence-electron chi connectivity index (χ4n) is 2.92. The molecule has 0 spiro atoms. The summed E-state index contributed by atoms with van der Waals surface area (Å²) in [6.07, 6.45) is 6.47. The molecule has 0 aromatic heterocycles. The number of ether oxygens (including phenoxy) is 1. The van der Waals surface area contributed by atoms with E-state index in [9.17, 15) is 9.59 Å². The molecule has 6 nitrogen and oxygen atoms in total. The topological polar surface area (TPSA) is 93.4 Å². The number of nitrogens with two attached hydrogens (primary N) is 1. The van der Waals surface area contributed by atoms with E-state index in [0.29, 0.717) is 36.9 Å². The number of anilines is 1. The first kappa shape index (κ1) is 18.3. The third-order valence-corrected chi connectivity index (χ3v) is 4.23. The Kier molecular flexibility index (Phi) is 7.55. The van der Waals surface area contributed by atoms with Crippen molar-refractivity contribution in [2.24, 2.45) is 11.7 Å². The second kappa shape index (κ2) is 9.93. The second-order valence-electron chi connectivity index (χ2n) is 6.18. The summed E-state index contributed by atoms with van der Waals surface area (Å²) in [6.45, 7) is 0.909. The number of benzene rings is 1. The summed E-state index contributed by atoms with van der Waals surface area (Å²) in [4.78, 5) is 23.6. The lowest BCUT2D eigenvalue weighted by Crippen LogP contribution is -2.32. The Morgan fingerprint density at radius 1 is 1.12 bits per heavy atom. The molecular weight excluding hydrogens is 306 g/mol. The molecule has 2 amide bonds. The molecular formula is C18H27N3O3. The minimum Gasteiger partial charge on any atom is -0.492 e. The van der Waals surface area contributed by atoms with Gasteiger partial charge in [0.15, 0.2) is 0 Å². The Bertz CT molecular complexity index is 525. The van der Waals surface area contributed by atoms with Crippen LogP contribution in [0.25, 0.3) is 0 Å². The molecule has 2 rings (SSSR count). The van der Waals surface area contributed by atoms with Gasteiger partial charge in [0, 0.05) is 18.7 Å². The van der Waals surface area contributed by atoms with Gasteiger partial charge in [-0.15, -0.1) is 0 Å². The van der Waals surface area contributed by atoms with Crippen molar-refractivity contribution < 1.29 is 14.3 Å². The van der Waals surface area contributed by atoms with Crippen molar-refractivity contribution >= 4 is 17.5 Å². The number of hydrogen-bond donors (Lipinski definition) is 3. The zero-order valence-corrected chi connectivity index (χ0v) is 14.1. The number of rotatable bonds is 9. The third kappa shape index (κ3) is 6.58. The van der Waals surface area contributed by atoms with Crippen LogP contribution in [0.4, 0.5) is 5.69 Å². The van der Waals surface area contributed by atoms with Crippen molar-refractivity contribution in [1.29, 1.82) is 0 Å². The summed E-state index contributed by atoms with van der Waals surface area (Å²) in [5, 5.41) is 5.42. The average Bonchev–Trinajstić information content (AvgIpc) is 3.11. The molecule has 1 saturated carbocycles. The summed E-state index contributed by atoms with van der Waals surface area (Å²) in [6, 6.07) is 7.05. The van der Waals surface area contributed by atoms with E-state index >= 15 is 0 Å². The maximum atomic E-state index is 11.9. The number of nitrogens with one attached hydrogen (secondary N) is 2. The van der Waals surface area contributed by atoms with E-state index in [2.05, 4.69) is 10.6 Å². The monoisotopic (exact) mass is 333 g/mol. The van der Waals surface area contributed by atoms with Crippen LogP contribution in [0.1, 0.15) is 38.5 Å². The van der Waals surface area contributed by atoms with Gasteiger partial charge in [-0.05, 0) is 36.6 Å². The molecule has 0 aliphatic heterocycles. The van der Waals surface area contributed by atoms with Crippen LogP contribution in [0.15, 0.2) is 24.3 Å². The van der Waals surface area contributed by atoms with Gasteiger partial charge in [-0.3, -0.25) is 9.59 Å². The van der Waals surface area contributed by atoms with Gasteiger partial charge < -0.3 is 21.1 Å². The van der Waals surface area contributed by atoms with Crippen molar-refractivity contribution in [2.75, 3.05) is 25.0 Å². The Labute approximate surface area is 143 Å². The molecule has 4 N–H and O–H groups in total. The van der Waals surface area contributed by atoms with Crippen LogP contribution in [-0.2, 0) is 9.59 Å². The van der Waals surface area contributed by atoms with Gasteiger partial charge in [0.1, 0.15) is 12.4 Å². The summed E-state index contributed by atoms with van der Waals surface area (Å²) in [5.74, 6) is 1.10. The minimum atomic E-state index is -0.236. The van der Waals surface area contributed by atoms with Crippen molar-refractivity contribution in [3.63, 3.8) is 0 Å². The molecule has 6 heteroatoms. The van der Waals surface area contributed by atoms with Gasteiger partial charge in [-0.25, -0.2) is 0 Å². The second-order valence-corrected chi connectivity index (χ2v) is 6.18. The third-order valence-electron chi connectivity index (χ3n) is 4.23. The van der Waals surface area contributed by atoms with Crippen molar-refractivity contribution in [3.8, 4) is 5.75 Å². The zero-order chi connectivity index (χ0) is 17.2. The van der Waals surface area contributed by atoms with Gasteiger partial charge in [-0.1, -0.05) is 25.7 Å². The highest BCUT2D eigenvalue weighted by Gasteiger charge is 2.16. The van der Waals surface area contributed by atoms with Crippen LogP contribution in [0.2, 0.25) is 0 Å². The SMILES string of the molecule is NCCOc1ccc(NC(=O)CNC(=O)CCC2CCCC2)cc1. The van der Waals surface area contributed by atoms with Crippen LogP contribution >= 0.6 is 0 Å². The van der Waals surface area contributed by atoms with E-state index in [1.54, 1.807) is 24.3 Å². The quantitative estimate of drug-likeness (QED) is 0.645. The summed E-state index contributed by atoms with van der Waals surface area (Å²) in [7, 11) is 0. The molecule has 1 aromatic rings. The molecule has 24 heavy (non-hydrogen) atoms.